The Balaban J connectivity index is 2.09. The molecule has 1 amide bonds. The second-order valence-corrected chi connectivity index (χ2v) is 5.53. The number of hydrogen-bond donors (Lipinski definition) is 1. The Morgan fingerprint density at radius 1 is 1.25 bits per heavy atom. The van der Waals surface area contributed by atoms with Gasteiger partial charge in [0.25, 0.3) is 0 Å². The Bertz CT molecular complexity index is 259. The molecule has 1 saturated heterocycles. The summed E-state index contributed by atoms with van der Waals surface area (Å²) in [6.45, 7) is 3.25. The van der Waals surface area contributed by atoms with Gasteiger partial charge in [0.05, 0.1) is 6.04 Å². The van der Waals surface area contributed by atoms with Crippen LogP contribution < -0.4 is 5.32 Å². The van der Waals surface area contributed by atoms with Gasteiger partial charge in [0.15, 0.2) is 0 Å². The van der Waals surface area contributed by atoms with Crippen molar-refractivity contribution in [2.24, 2.45) is 0 Å². The molecule has 16 heavy (non-hydrogen) atoms. The van der Waals surface area contributed by atoms with Crippen LogP contribution in [0.2, 0.25) is 0 Å². The summed E-state index contributed by atoms with van der Waals surface area (Å²) in [4.78, 5) is 14.5. The van der Waals surface area contributed by atoms with Crippen LogP contribution in [-0.2, 0) is 4.79 Å². The molecule has 2 fully saturated rings. The third kappa shape index (κ3) is 2.10. The van der Waals surface area contributed by atoms with Crippen LogP contribution in [0.1, 0.15) is 51.9 Å². The van der Waals surface area contributed by atoms with E-state index in [1.807, 2.05) is 7.05 Å². The molecule has 0 radical (unpaired) electrons. The Labute approximate surface area is 98.6 Å². The summed E-state index contributed by atoms with van der Waals surface area (Å²) >= 11 is 0. The lowest BCUT2D eigenvalue weighted by Crippen LogP contribution is -2.59. The van der Waals surface area contributed by atoms with Crippen molar-refractivity contribution in [1.82, 2.24) is 10.2 Å². The summed E-state index contributed by atoms with van der Waals surface area (Å²) in [5.41, 5.74) is 0.144. The third-order valence-electron chi connectivity index (χ3n) is 4.37. The molecule has 92 valence electrons. The van der Waals surface area contributed by atoms with Gasteiger partial charge >= 0.3 is 0 Å². The van der Waals surface area contributed by atoms with Crippen molar-refractivity contribution in [1.29, 1.82) is 0 Å². The molecule has 1 unspecified atom stereocenters. The van der Waals surface area contributed by atoms with E-state index in [0.29, 0.717) is 5.91 Å². The van der Waals surface area contributed by atoms with Gasteiger partial charge in [0, 0.05) is 12.1 Å². The van der Waals surface area contributed by atoms with Gasteiger partial charge in [0.2, 0.25) is 5.91 Å². The minimum atomic E-state index is 0.0625. The number of piperidine rings is 1. The van der Waals surface area contributed by atoms with Gasteiger partial charge in [-0.05, 0) is 39.7 Å². The van der Waals surface area contributed by atoms with E-state index < -0.39 is 0 Å². The maximum absolute atomic E-state index is 12.3. The fourth-order valence-corrected chi connectivity index (χ4v) is 3.26. The zero-order valence-electron chi connectivity index (χ0n) is 10.6. The van der Waals surface area contributed by atoms with E-state index in [0.717, 1.165) is 19.4 Å². The van der Waals surface area contributed by atoms with E-state index in [-0.39, 0.29) is 11.6 Å². The molecule has 1 aliphatic carbocycles. The molecule has 0 spiro atoms. The second kappa shape index (κ2) is 4.74. The normalized spacial score (nSPS) is 30.5. The van der Waals surface area contributed by atoms with E-state index in [1.165, 1.54) is 32.1 Å². The lowest BCUT2D eigenvalue weighted by atomic mass is 9.80. The number of likely N-dealkylation sites (tertiary alicyclic amines) is 1. The summed E-state index contributed by atoms with van der Waals surface area (Å²) < 4.78 is 0. The smallest absolute Gasteiger partial charge is 0.240 e. The highest BCUT2D eigenvalue weighted by atomic mass is 16.2. The number of rotatable bonds is 2. The number of nitrogens with one attached hydrogen (secondary N) is 1. The van der Waals surface area contributed by atoms with Gasteiger partial charge in [-0.2, -0.15) is 0 Å². The van der Waals surface area contributed by atoms with Crippen molar-refractivity contribution in [3.05, 3.63) is 0 Å². The maximum atomic E-state index is 12.3. The fraction of sp³-hybridized carbons (Fsp3) is 0.923. The van der Waals surface area contributed by atoms with Gasteiger partial charge < -0.3 is 10.2 Å². The molecule has 0 aromatic heterocycles. The molecule has 0 aromatic rings. The Kier molecular flexibility index (Phi) is 3.53. The van der Waals surface area contributed by atoms with Crippen molar-refractivity contribution in [3.8, 4) is 0 Å². The SMILES string of the molecule is CNC1CCCN(C2(C)CCCCC2)C1=O. The Morgan fingerprint density at radius 3 is 2.56 bits per heavy atom. The molecular weight excluding hydrogens is 200 g/mol. The molecule has 2 rings (SSSR count). The molecule has 3 nitrogen and oxygen atoms in total. The van der Waals surface area contributed by atoms with Crippen molar-refractivity contribution in [2.75, 3.05) is 13.6 Å². The maximum Gasteiger partial charge on any atom is 0.240 e. The molecule has 1 aliphatic heterocycles. The molecule has 1 N–H and O–H groups in total. The highest BCUT2D eigenvalue weighted by molar-refractivity contribution is 5.83. The van der Waals surface area contributed by atoms with E-state index >= 15 is 0 Å². The fourth-order valence-electron chi connectivity index (χ4n) is 3.26. The van der Waals surface area contributed by atoms with Crippen LogP contribution in [0.4, 0.5) is 0 Å². The molecule has 0 aromatic carbocycles. The van der Waals surface area contributed by atoms with Gasteiger partial charge in [-0.3, -0.25) is 4.79 Å². The van der Waals surface area contributed by atoms with Crippen LogP contribution >= 0.6 is 0 Å². The van der Waals surface area contributed by atoms with Gasteiger partial charge in [0.1, 0.15) is 0 Å². The van der Waals surface area contributed by atoms with Gasteiger partial charge in [-0.1, -0.05) is 19.3 Å². The van der Waals surface area contributed by atoms with E-state index in [1.54, 1.807) is 0 Å². The van der Waals surface area contributed by atoms with Crippen molar-refractivity contribution >= 4 is 5.91 Å². The molecule has 3 heteroatoms. The zero-order chi connectivity index (χ0) is 11.6. The third-order valence-corrected chi connectivity index (χ3v) is 4.37. The first-order valence-electron chi connectivity index (χ1n) is 6.66. The van der Waals surface area contributed by atoms with E-state index in [9.17, 15) is 4.79 Å². The lowest BCUT2D eigenvalue weighted by Gasteiger charge is -2.47. The summed E-state index contributed by atoms with van der Waals surface area (Å²) in [6.07, 6.45) is 8.43. The van der Waals surface area contributed by atoms with Crippen molar-refractivity contribution in [2.45, 2.75) is 63.5 Å². The number of likely N-dealkylation sites (N-methyl/N-ethyl adjacent to an activating group) is 1. The Hall–Kier alpha value is -0.570. The molecule has 1 saturated carbocycles. The average molecular weight is 224 g/mol. The highest BCUT2D eigenvalue weighted by Gasteiger charge is 2.40. The van der Waals surface area contributed by atoms with Crippen LogP contribution in [0, 0.1) is 0 Å². The minimum Gasteiger partial charge on any atom is -0.336 e. The first-order chi connectivity index (χ1) is 7.67. The number of nitrogens with zero attached hydrogens (tertiary/aromatic N) is 1. The number of hydrogen-bond acceptors (Lipinski definition) is 2. The van der Waals surface area contributed by atoms with Crippen LogP contribution in [-0.4, -0.2) is 36.0 Å². The first kappa shape index (κ1) is 11.9. The standard InChI is InChI=1S/C13H24N2O/c1-13(8-4-3-5-9-13)15-10-6-7-11(14-2)12(15)16/h11,14H,3-10H2,1-2H3. The van der Waals surface area contributed by atoms with Crippen LogP contribution in [0.25, 0.3) is 0 Å². The van der Waals surface area contributed by atoms with E-state index in [4.69, 9.17) is 0 Å². The largest absolute Gasteiger partial charge is 0.336 e. The van der Waals surface area contributed by atoms with Crippen LogP contribution in [0.3, 0.4) is 0 Å². The topological polar surface area (TPSA) is 32.3 Å². The molecule has 2 aliphatic rings. The average Bonchev–Trinajstić information content (AvgIpc) is 2.30. The van der Waals surface area contributed by atoms with Crippen LogP contribution in [0.15, 0.2) is 0 Å². The lowest BCUT2D eigenvalue weighted by molar-refractivity contribution is -0.143. The first-order valence-corrected chi connectivity index (χ1v) is 6.66. The monoisotopic (exact) mass is 224 g/mol. The van der Waals surface area contributed by atoms with Crippen molar-refractivity contribution in [3.63, 3.8) is 0 Å². The van der Waals surface area contributed by atoms with Crippen LogP contribution in [0.5, 0.6) is 0 Å². The van der Waals surface area contributed by atoms with Crippen molar-refractivity contribution < 1.29 is 4.79 Å². The second-order valence-electron chi connectivity index (χ2n) is 5.53. The summed E-state index contributed by atoms with van der Waals surface area (Å²) in [6, 6.07) is 0.0625. The van der Waals surface area contributed by atoms with Gasteiger partial charge in [-0.15, -0.1) is 0 Å². The summed E-state index contributed by atoms with van der Waals surface area (Å²) in [5.74, 6) is 0.332. The molecule has 0 bridgehead atoms. The zero-order valence-corrected chi connectivity index (χ0v) is 10.6. The highest BCUT2D eigenvalue weighted by Crippen LogP contribution is 2.35. The minimum absolute atomic E-state index is 0.0625. The molecular formula is C13H24N2O. The number of amides is 1. The molecule has 1 heterocycles. The summed E-state index contributed by atoms with van der Waals surface area (Å²) in [7, 11) is 1.90. The predicted octanol–water partition coefficient (Wildman–Crippen LogP) is 1.92. The number of carbonyl (C=O) groups is 1. The Morgan fingerprint density at radius 2 is 1.94 bits per heavy atom. The summed E-state index contributed by atoms with van der Waals surface area (Å²) in [5, 5.41) is 3.15. The van der Waals surface area contributed by atoms with Gasteiger partial charge in [-0.25, -0.2) is 0 Å². The quantitative estimate of drug-likeness (QED) is 0.777. The predicted molar refractivity (Wildman–Crippen MR) is 65.3 cm³/mol. The molecule has 1 atom stereocenters. The van der Waals surface area contributed by atoms with E-state index in [2.05, 4.69) is 17.1 Å². The number of carbonyl (C=O) groups excluding carboxylic acids is 1.